The van der Waals surface area contributed by atoms with E-state index in [4.69, 9.17) is 4.18 Å². The Morgan fingerprint density at radius 2 is 1.26 bits per heavy atom. The molecule has 6 nitrogen and oxygen atoms in total. The van der Waals surface area contributed by atoms with Gasteiger partial charge in [-0.25, -0.2) is 0 Å². The number of phenolic OH excluding ortho intramolecular Hbond substituents is 1. The highest BCUT2D eigenvalue weighted by molar-refractivity contribution is 7.87. The van der Waals surface area contributed by atoms with Crippen molar-refractivity contribution >= 4 is 21.7 Å². The van der Waals surface area contributed by atoms with E-state index in [1.54, 1.807) is 18.2 Å². The predicted molar refractivity (Wildman–Crippen MR) is 95.7 cm³/mol. The summed E-state index contributed by atoms with van der Waals surface area (Å²) in [4.78, 5) is 25.1. The van der Waals surface area contributed by atoms with E-state index in [2.05, 4.69) is 0 Å². The highest BCUT2D eigenvalue weighted by Crippen LogP contribution is 2.30. The highest BCUT2D eigenvalue weighted by atomic mass is 32.2. The molecule has 0 spiro atoms. The van der Waals surface area contributed by atoms with E-state index in [1.807, 2.05) is 0 Å². The van der Waals surface area contributed by atoms with Crippen molar-refractivity contribution in [1.29, 1.82) is 0 Å². The molecule has 1 aliphatic rings. The zero-order chi connectivity index (χ0) is 19.2. The van der Waals surface area contributed by atoms with Crippen LogP contribution in [-0.2, 0) is 10.1 Å². The Kier molecular flexibility index (Phi) is 3.82. The minimum atomic E-state index is -4.22. The molecule has 0 fully saturated rings. The second kappa shape index (κ2) is 6.07. The largest absolute Gasteiger partial charge is 0.508 e. The molecule has 3 aromatic carbocycles. The van der Waals surface area contributed by atoms with Crippen LogP contribution in [-0.4, -0.2) is 25.1 Å². The molecule has 0 aliphatic heterocycles. The van der Waals surface area contributed by atoms with Gasteiger partial charge in [0.1, 0.15) is 16.4 Å². The zero-order valence-corrected chi connectivity index (χ0v) is 14.6. The van der Waals surface area contributed by atoms with Gasteiger partial charge < -0.3 is 9.29 Å². The lowest BCUT2D eigenvalue weighted by Gasteiger charge is -2.18. The van der Waals surface area contributed by atoms with Crippen LogP contribution in [0.4, 0.5) is 0 Å². The molecule has 1 aliphatic carbocycles. The Hall–Kier alpha value is -3.45. The van der Waals surface area contributed by atoms with Gasteiger partial charge in [0.2, 0.25) is 0 Å². The third kappa shape index (κ3) is 2.88. The maximum atomic E-state index is 12.7. The lowest BCUT2D eigenvalue weighted by molar-refractivity contribution is 0.0979. The van der Waals surface area contributed by atoms with Crippen LogP contribution in [0.25, 0.3) is 0 Å². The maximum Gasteiger partial charge on any atom is 0.339 e. The minimum absolute atomic E-state index is 0.0123. The van der Waals surface area contributed by atoms with Crippen LogP contribution in [0.3, 0.4) is 0 Å². The third-order valence-electron chi connectivity index (χ3n) is 4.23. The smallest absolute Gasteiger partial charge is 0.339 e. The van der Waals surface area contributed by atoms with E-state index in [0.29, 0.717) is 5.56 Å². The molecule has 0 aromatic heterocycles. The SMILES string of the molecule is O=C1c2ccccc2C(=O)c2cc(S(=O)(=O)Oc3ccc(O)cc3)ccc21. The molecule has 0 radical (unpaired) electrons. The van der Waals surface area contributed by atoms with Crippen LogP contribution in [0.1, 0.15) is 31.8 Å². The second-order valence-electron chi connectivity index (χ2n) is 5.94. The van der Waals surface area contributed by atoms with Crippen molar-refractivity contribution in [2.45, 2.75) is 4.90 Å². The first-order chi connectivity index (χ1) is 12.9. The van der Waals surface area contributed by atoms with Crippen molar-refractivity contribution in [3.63, 3.8) is 0 Å². The van der Waals surface area contributed by atoms with E-state index in [1.165, 1.54) is 42.5 Å². The summed E-state index contributed by atoms with van der Waals surface area (Å²) in [6.45, 7) is 0. The molecule has 1 N–H and O–H groups in total. The van der Waals surface area contributed by atoms with E-state index in [9.17, 15) is 23.1 Å². The maximum absolute atomic E-state index is 12.7. The normalized spacial score (nSPS) is 13.0. The molecule has 0 unspecified atom stereocenters. The van der Waals surface area contributed by atoms with E-state index >= 15 is 0 Å². The average Bonchev–Trinajstić information content (AvgIpc) is 2.67. The first-order valence-corrected chi connectivity index (χ1v) is 9.34. The standard InChI is InChI=1S/C20H12O6S/c21-12-5-7-13(8-6-12)26-27(24,25)14-9-10-17-18(11-14)20(23)16-4-2-1-3-15(16)19(17)22/h1-11,21H. The fourth-order valence-corrected chi connectivity index (χ4v) is 3.87. The molecule has 0 atom stereocenters. The first-order valence-electron chi connectivity index (χ1n) is 7.93. The molecule has 0 bridgehead atoms. The van der Waals surface area contributed by atoms with E-state index < -0.39 is 15.9 Å². The van der Waals surface area contributed by atoms with Gasteiger partial charge in [-0.3, -0.25) is 9.59 Å². The van der Waals surface area contributed by atoms with Gasteiger partial charge in [-0.15, -0.1) is 0 Å². The summed E-state index contributed by atoms with van der Waals surface area (Å²) in [5.74, 6) is -0.764. The number of benzene rings is 3. The van der Waals surface area contributed by atoms with Gasteiger partial charge in [-0.05, 0) is 42.5 Å². The van der Waals surface area contributed by atoms with Gasteiger partial charge in [0, 0.05) is 22.3 Å². The number of carbonyl (C=O) groups excluding carboxylic acids is 2. The molecule has 27 heavy (non-hydrogen) atoms. The van der Waals surface area contributed by atoms with Crippen molar-refractivity contribution in [2.24, 2.45) is 0 Å². The Bertz CT molecular complexity index is 1190. The number of hydrogen-bond donors (Lipinski definition) is 1. The molecular weight excluding hydrogens is 368 g/mol. The fraction of sp³-hybridized carbons (Fsp3) is 0. The monoisotopic (exact) mass is 380 g/mol. The Morgan fingerprint density at radius 3 is 1.89 bits per heavy atom. The number of phenols is 1. The summed E-state index contributed by atoms with van der Waals surface area (Å²) >= 11 is 0. The van der Waals surface area contributed by atoms with Crippen LogP contribution < -0.4 is 4.18 Å². The Morgan fingerprint density at radius 1 is 0.704 bits per heavy atom. The molecule has 0 saturated heterocycles. The van der Waals surface area contributed by atoms with Gasteiger partial charge in [-0.2, -0.15) is 8.42 Å². The van der Waals surface area contributed by atoms with Crippen LogP contribution in [0.2, 0.25) is 0 Å². The predicted octanol–water partition coefficient (Wildman–Crippen LogP) is 2.94. The number of carbonyl (C=O) groups is 2. The Balaban J connectivity index is 1.75. The summed E-state index contributed by atoms with van der Waals surface area (Å²) in [5, 5.41) is 9.26. The molecule has 7 heteroatoms. The zero-order valence-electron chi connectivity index (χ0n) is 13.7. The van der Waals surface area contributed by atoms with Crippen LogP contribution in [0.5, 0.6) is 11.5 Å². The molecule has 4 rings (SSSR count). The van der Waals surface area contributed by atoms with Gasteiger partial charge in [0.15, 0.2) is 11.6 Å². The van der Waals surface area contributed by atoms with Crippen molar-refractivity contribution in [3.05, 3.63) is 89.0 Å². The number of hydrogen-bond acceptors (Lipinski definition) is 6. The number of ketones is 2. The molecule has 0 heterocycles. The summed E-state index contributed by atoms with van der Waals surface area (Å²) in [6.07, 6.45) is 0. The summed E-state index contributed by atoms with van der Waals surface area (Å²) in [7, 11) is -4.22. The van der Waals surface area contributed by atoms with Crippen molar-refractivity contribution in [2.75, 3.05) is 0 Å². The summed E-state index contributed by atoms with van der Waals surface area (Å²) in [5.41, 5.74) is 0.714. The van der Waals surface area contributed by atoms with Crippen LogP contribution in [0, 0.1) is 0 Å². The highest BCUT2D eigenvalue weighted by Gasteiger charge is 2.31. The summed E-state index contributed by atoms with van der Waals surface area (Å²) in [6, 6.07) is 15.3. The molecule has 3 aromatic rings. The van der Waals surface area contributed by atoms with Crippen LogP contribution >= 0.6 is 0 Å². The third-order valence-corrected chi connectivity index (χ3v) is 5.47. The molecule has 134 valence electrons. The topological polar surface area (TPSA) is 97.7 Å². The second-order valence-corrected chi connectivity index (χ2v) is 7.49. The molecule has 0 amide bonds. The minimum Gasteiger partial charge on any atom is -0.508 e. The first kappa shape index (κ1) is 17.0. The number of fused-ring (bicyclic) bond motifs is 2. The number of aromatic hydroxyl groups is 1. The van der Waals surface area contributed by atoms with Gasteiger partial charge in [0.05, 0.1) is 0 Å². The van der Waals surface area contributed by atoms with Crippen molar-refractivity contribution < 1.29 is 27.3 Å². The van der Waals surface area contributed by atoms with E-state index in [0.717, 1.165) is 6.07 Å². The van der Waals surface area contributed by atoms with Gasteiger partial charge in [0.25, 0.3) is 0 Å². The lowest BCUT2D eigenvalue weighted by Crippen LogP contribution is -2.21. The van der Waals surface area contributed by atoms with Crippen molar-refractivity contribution in [1.82, 2.24) is 0 Å². The molecular formula is C20H12O6S. The fourth-order valence-electron chi connectivity index (χ4n) is 2.91. The van der Waals surface area contributed by atoms with Gasteiger partial charge >= 0.3 is 10.1 Å². The number of rotatable bonds is 3. The average molecular weight is 380 g/mol. The van der Waals surface area contributed by atoms with Gasteiger partial charge in [-0.1, -0.05) is 24.3 Å². The quantitative estimate of drug-likeness (QED) is 0.549. The Labute approximate surface area is 154 Å². The van der Waals surface area contributed by atoms with E-state index in [-0.39, 0.29) is 38.9 Å². The van der Waals surface area contributed by atoms with Crippen molar-refractivity contribution in [3.8, 4) is 11.5 Å². The summed E-state index contributed by atoms with van der Waals surface area (Å²) < 4.78 is 30.1. The van der Waals surface area contributed by atoms with Crippen LogP contribution in [0.15, 0.2) is 71.6 Å². The lowest BCUT2D eigenvalue weighted by atomic mass is 9.84. The molecule has 0 saturated carbocycles.